The van der Waals surface area contributed by atoms with Crippen LogP contribution in [0, 0.1) is 0 Å². The van der Waals surface area contributed by atoms with Crippen molar-refractivity contribution in [1.82, 2.24) is 10.6 Å². The van der Waals surface area contributed by atoms with Gasteiger partial charge in [0, 0.05) is 12.1 Å². The number of nitrogens with zero attached hydrogens (tertiary/aromatic N) is 1. The summed E-state index contributed by atoms with van der Waals surface area (Å²) >= 11 is 0. The summed E-state index contributed by atoms with van der Waals surface area (Å²) < 4.78 is 0. The average molecular weight is 313 g/mol. The third kappa shape index (κ3) is 5.56. The summed E-state index contributed by atoms with van der Waals surface area (Å²) in [6.07, 6.45) is 13.4. The maximum atomic E-state index is 4.88. The van der Waals surface area contributed by atoms with Crippen LogP contribution in [0.1, 0.15) is 69.8 Å². The van der Waals surface area contributed by atoms with Crippen LogP contribution in [0.4, 0.5) is 0 Å². The minimum atomic E-state index is 0.606. The first-order chi connectivity index (χ1) is 11.4. The minimum Gasteiger partial charge on any atom is -0.354 e. The van der Waals surface area contributed by atoms with Crippen LogP contribution in [0.3, 0.4) is 0 Å². The van der Waals surface area contributed by atoms with E-state index in [9.17, 15) is 0 Å². The first kappa shape index (κ1) is 16.4. The number of hydrogen-bond donors (Lipinski definition) is 2. The second kappa shape index (κ2) is 8.95. The molecule has 3 heteroatoms. The Balaban J connectivity index is 1.61. The number of hydrogen-bond acceptors (Lipinski definition) is 1. The zero-order chi connectivity index (χ0) is 15.7. The molecule has 0 radical (unpaired) electrons. The van der Waals surface area contributed by atoms with E-state index in [-0.39, 0.29) is 0 Å². The van der Waals surface area contributed by atoms with E-state index >= 15 is 0 Å². The summed E-state index contributed by atoms with van der Waals surface area (Å²) in [6, 6.07) is 11.8. The Hall–Kier alpha value is -1.51. The molecule has 126 valence electrons. The van der Waals surface area contributed by atoms with Gasteiger partial charge in [0.25, 0.3) is 0 Å². The number of benzene rings is 1. The molecule has 0 bridgehead atoms. The monoisotopic (exact) mass is 313 g/mol. The van der Waals surface area contributed by atoms with Gasteiger partial charge in [0.1, 0.15) is 0 Å². The summed E-state index contributed by atoms with van der Waals surface area (Å²) in [5, 5.41) is 7.42. The molecule has 3 nitrogen and oxygen atoms in total. The molecule has 0 saturated heterocycles. The largest absolute Gasteiger partial charge is 0.354 e. The van der Waals surface area contributed by atoms with Gasteiger partial charge in [0.15, 0.2) is 5.96 Å². The van der Waals surface area contributed by atoms with E-state index in [4.69, 9.17) is 4.99 Å². The van der Waals surface area contributed by atoms with Crippen LogP contribution in [0.2, 0.25) is 0 Å². The van der Waals surface area contributed by atoms with Crippen molar-refractivity contribution in [3.05, 3.63) is 35.9 Å². The smallest absolute Gasteiger partial charge is 0.192 e. The van der Waals surface area contributed by atoms with Gasteiger partial charge in [-0.05, 0) is 31.2 Å². The lowest BCUT2D eigenvalue weighted by Gasteiger charge is -2.29. The highest BCUT2D eigenvalue weighted by atomic mass is 15.2. The predicted molar refractivity (Wildman–Crippen MR) is 97.6 cm³/mol. The molecule has 1 aromatic carbocycles. The van der Waals surface area contributed by atoms with Crippen molar-refractivity contribution in [1.29, 1.82) is 0 Å². The molecule has 2 N–H and O–H groups in total. The van der Waals surface area contributed by atoms with Gasteiger partial charge in [-0.1, -0.05) is 68.9 Å². The zero-order valence-electron chi connectivity index (χ0n) is 14.3. The van der Waals surface area contributed by atoms with E-state index in [1.807, 2.05) is 0 Å². The highest BCUT2D eigenvalue weighted by molar-refractivity contribution is 5.80. The topological polar surface area (TPSA) is 36.4 Å². The van der Waals surface area contributed by atoms with Crippen molar-refractivity contribution in [3.63, 3.8) is 0 Å². The van der Waals surface area contributed by atoms with E-state index < -0.39 is 0 Å². The van der Waals surface area contributed by atoms with Crippen LogP contribution >= 0.6 is 0 Å². The van der Waals surface area contributed by atoms with Crippen LogP contribution in [-0.4, -0.2) is 18.0 Å². The second-order valence-electron chi connectivity index (χ2n) is 7.11. The first-order valence-corrected chi connectivity index (χ1v) is 9.51. The van der Waals surface area contributed by atoms with E-state index in [0.717, 1.165) is 12.5 Å². The van der Waals surface area contributed by atoms with Crippen LogP contribution in [0.15, 0.2) is 35.3 Å². The third-order valence-corrected chi connectivity index (χ3v) is 5.15. The number of guanidine groups is 1. The summed E-state index contributed by atoms with van der Waals surface area (Å²) in [5.74, 6) is 1.03. The Morgan fingerprint density at radius 1 is 0.783 bits per heavy atom. The molecule has 2 aliphatic rings. The fourth-order valence-corrected chi connectivity index (χ4v) is 3.77. The fourth-order valence-electron chi connectivity index (χ4n) is 3.77. The molecule has 3 rings (SSSR count). The average Bonchev–Trinajstić information content (AvgIpc) is 2.62. The van der Waals surface area contributed by atoms with Gasteiger partial charge < -0.3 is 10.6 Å². The van der Waals surface area contributed by atoms with Gasteiger partial charge in [0.2, 0.25) is 0 Å². The van der Waals surface area contributed by atoms with Crippen molar-refractivity contribution in [2.75, 3.05) is 0 Å². The molecule has 0 spiro atoms. The van der Waals surface area contributed by atoms with Gasteiger partial charge in [-0.2, -0.15) is 0 Å². The Labute approximate surface area is 141 Å². The molecule has 0 aliphatic heterocycles. The Bertz CT molecular complexity index is 449. The SMILES string of the molecule is c1ccc(CN=C(NC2CCCCC2)NC2CCCCC2)cc1. The first-order valence-electron chi connectivity index (χ1n) is 9.51. The highest BCUT2D eigenvalue weighted by Crippen LogP contribution is 2.19. The highest BCUT2D eigenvalue weighted by Gasteiger charge is 2.18. The third-order valence-electron chi connectivity index (χ3n) is 5.15. The van der Waals surface area contributed by atoms with Gasteiger partial charge in [-0.15, -0.1) is 0 Å². The molecule has 23 heavy (non-hydrogen) atoms. The lowest BCUT2D eigenvalue weighted by Crippen LogP contribution is -2.48. The molecule has 0 aromatic heterocycles. The Morgan fingerprint density at radius 3 is 1.83 bits per heavy atom. The molecule has 0 atom stereocenters. The fraction of sp³-hybridized carbons (Fsp3) is 0.650. The van der Waals surface area contributed by atoms with Crippen LogP contribution in [0.5, 0.6) is 0 Å². The van der Waals surface area contributed by atoms with Gasteiger partial charge in [-0.3, -0.25) is 0 Å². The molecule has 0 heterocycles. The molecule has 0 amide bonds. The summed E-state index contributed by atoms with van der Waals surface area (Å²) in [5.41, 5.74) is 1.28. The van der Waals surface area contributed by atoms with E-state index in [1.165, 1.54) is 69.8 Å². The second-order valence-corrected chi connectivity index (χ2v) is 7.11. The molecular weight excluding hydrogens is 282 g/mol. The molecular formula is C20H31N3. The predicted octanol–water partition coefficient (Wildman–Crippen LogP) is 4.39. The number of aliphatic imine (C=N–C) groups is 1. The lowest BCUT2D eigenvalue weighted by molar-refractivity contribution is 0.388. The standard InChI is InChI=1S/C20H31N3/c1-4-10-17(11-5-1)16-21-20(22-18-12-6-2-7-13-18)23-19-14-8-3-9-15-19/h1,4-5,10-11,18-19H,2-3,6-9,12-16H2,(H2,21,22,23). The maximum Gasteiger partial charge on any atom is 0.192 e. The molecule has 2 fully saturated rings. The van der Waals surface area contributed by atoms with Gasteiger partial charge in [0.05, 0.1) is 6.54 Å². The zero-order valence-corrected chi connectivity index (χ0v) is 14.3. The van der Waals surface area contributed by atoms with Crippen molar-refractivity contribution in [2.24, 2.45) is 4.99 Å². The van der Waals surface area contributed by atoms with E-state index in [1.54, 1.807) is 0 Å². The Morgan fingerprint density at radius 2 is 1.30 bits per heavy atom. The van der Waals surface area contributed by atoms with Crippen molar-refractivity contribution in [2.45, 2.75) is 82.8 Å². The lowest BCUT2D eigenvalue weighted by atomic mass is 9.95. The summed E-state index contributed by atoms with van der Waals surface area (Å²) in [6.45, 7) is 0.760. The van der Waals surface area contributed by atoms with Crippen LogP contribution in [0.25, 0.3) is 0 Å². The molecule has 0 unspecified atom stereocenters. The number of rotatable bonds is 4. The quantitative estimate of drug-likeness (QED) is 0.639. The van der Waals surface area contributed by atoms with Crippen LogP contribution < -0.4 is 10.6 Å². The molecule has 1 aromatic rings. The normalized spacial score (nSPS) is 20.0. The van der Waals surface area contributed by atoms with Crippen LogP contribution in [-0.2, 0) is 6.54 Å². The Kier molecular flexibility index (Phi) is 6.36. The van der Waals surface area contributed by atoms with Crippen molar-refractivity contribution >= 4 is 5.96 Å². The van der Waals surface area contributed by atoms with Gasteiger partial charge >= 0.3 is 0 Å². The maximum absolute atomic E-state index is 4.88. The summed E-state index contributed by atoms with van der Waals surface area (Å²) in [4.78, 5) is 4.88. The molecule has 2 saturated carbocycles. The van der Waals surface area contributed by atoms with E-state index in [0.29, 0.717) is 12.1 Å². The molecule has 2 aliphatic carbocycles. The van der Waals surface area contributed by atoms with Gasteiger partial charge in [-0.25, -0.2) is 4.99 Å². The summed E-state index contributed by atoms with van der Waals surface area (Å²) in [7, 11) is 0. The van der Waals surface area contributed by atoms with Crippen molar-refractivity contribution < 1.29 is 0 Å². The number of nitrogens with one attached hydrogen (secondary N) is 2. The van der Waals surface area contributed by atoms with Crippen molar-refractivity contribution in [3.8, 4) is 0 Å². The van der Waals surface area contributed by atoms with E-state index in [2.05, 4.69) is 41.0 Å². The minimum absolute atomic E-state index is 0.606.